The SMILES string of the molecule is NCCN(CCc1ccccc1)C(=O)c1ccc(N2CCCC2)c([N+](=O)[O-])c1. The Morgan fingerprint density at radius 2 is 1.82 bits per heavy atom. The molecule has 7 nitrogen and oxygen atoms in total. The Hall–Kier alpha value is -2.93. The summed E-state index contributed by atoms with van der Waals surface area (Å²) >= 11 is 0. The second-order valence-corrected chi connectivity index (χ2v) is 6.97. The maximum Gasteiger partial charge on any atom is 0.293 e. The molecule has 0 aliphatic carbocycles. The van der Waals surface area contributed by atoms with Gasteiger partial charge in [-0.25, -0.2) is 0 Å². The summed E-state index contributed by atoms with van der Waals surface area (Å²) in [5.74, 6) is -0.225. The number of carbonyl (C=O) groups excluding carboxylic acids is 1. The van der Waals surface area contributed by atoms with Gasteiger partial charge in [-0.2, -0.15) is 0 Å². The Bertz CT molecular complexity index is 820. The number of anilines is 1. The minimum absolute atomic E-state index is 0.0106. The van der Waals surface area contributed by atoms with Crippen molar-refractivity contribution >= 4 is 17.3 Å². The molecule has 0 bridgehead atoms. The third-order valence-electron chi connectivity index (χ3n) is 5.07. The minimum atomic E-state index is -0.401. The van der Waals surface area contributed by atoms with Gasteiger partial charge in [0, 0.05) is 44.4 Å². The molecule has 0 aromatic heterocycles. The summed E-state index contributed by atoms with van der Waals surface area (Å²) < 4.78 is 0. The Balaban J connectivity index is 1.79. The summed E-state index contributed by atoms with van der Waals surface area (Å²) in [5, 5.41) is 11.6. The van der Waals surface area contributed by atoms with E-state index in [4.69, 9.17) is 5.73 Å². The van der Waals surface area contributed by atoms with E-state index < -0.39 is 4.92 Å². The van der Waals surface area contributed by atoms with Gasteiger partial charge in [0.05, 0.1) is 4.92 Å². The van der Waals surface area contributed by atoms with Gasteiger partial charge >= 0.3 is 0 Å². The van der Waals surface area contributed by atoms with Gasteiger partial charge in [0.2, 0.25) is 0 Å². The Kier molecular flexibility index (Phi) is 6.60. The molecule has 0 radical (unpaired) electrons. The van der Waals surface area contributed by atoms with Crippen molar-refractivity contribution in [3.05, 3.63) is 69.8 Å². The van der Waals surface area contributed by atoms with Crippen molar-refractivity contribution in [2.75, 3.05) is 37.6 Å². The lowest BCUT2D eigenvalue weighted by molar-refractivity contribution is -0.384. The van der Waals surface area contributed by atoms with Crippen LogP contribution in [0.15, 0.2) is 48.5 Å². The first-order valence-corrected chi connectivity index (χ1v) is 9.67. The number of amides is 1. The summed E-state index contributed by atoms with van der Waals surface area (Å²) in [6, 6.07) is 14.7. The third kappa shape index (κ3) is 4.67. The first-order valence-electron chi connectivity index (χ1n) is 9.67. The van der Waals surface area contributed by atoms with E-state index in [9.17, 15) is 14.9 Å². The van der Waals surface area contributed by atoms with Crippen molar-refractivity contribution < 1.29 is 9.72 Å². The van der Waals surface area contributed by atoms with Gasteiger partial charge in [-0.3, -0.25) is 14.9 Å². The van der Waals surface area contributed by atoms with Gasteiger partial charge in [-0.05, 0) is 37.0 Å². The van der Waals surface area contributed by atoms with Gasteiger partial charge in [-0.15, -0.1) is 0 Å². The zero-order valence-electron chi connectivity index (χ0n) is 15.9. The largest absolute Gasteiger partial charge is 0.366 e. The van der Waals surface area contributed by atoms with Gasteiger partial charge in [0.15, 0.2) is 0 Å². The van der Waals surface area contributed by atoms with Gasteiger partial charge in [0.1, 0.15) is 5.69 Å². The van der Waals surface area contributed by atoms with Gasteiger partial charge in [0.25, 0.3) is 11.6 Å². The smallest absolute Gasteiger partial charge is 0.293 e. The lowest BCUT2D eigenvalue weighted by Gasteiger charge is -2.23. The van der Waals surface area contributed by atoms with Gasteiger partial charge in [-0.1, -0.05) is 30.3 Å². The van der Waals surface area contributed by atoms with Crippen molar-refractivity contribution in [1.82, 2.24) is 4.90 Å². The van der Waals surface area contributed by atoms with E-state index in [-0.39, 0.29) is 11.6 Å². The first-order chi connectivity index (χ1) is 13.6. The molecular formula is C21H26N4O3. The maximum absolute atomic E-state index is 13.0. The monoisotopic (exact) mass is 382 g/mol. The number of hydrogen-bond donors (Lipinski definition) is 1. The molecular weight excluding hydrogens is 356 g/mol. The van der Waals surface area contributed by atoms with Crippen LogP contribution in [0.4, 0.5) is 11.4 Å². The van der Waals surface area contributed by atoms with Crippen molar-refractivity contribution in [2.45, 2.75) is 19.3 Å². The molecule has 2 N–H and O–H groups in total. The highest BCUT2D eigenvalue weighted by atomic mass is 16.6. The van der Waals surface area contributed by atoms with Crippen LogP contribution in [0.3, 0.4) is 0 Å². The second kappa shape index (κ2) is 9.32. The van der Waals surface area contributed by atoms with Crippen molar-refractivity contribution in [1.29, 1.82) is 0 Å². The van der Waals surface area contributed by atoms with Crippen molar-refractivity contribution in [3.63, 3.8) is 0 Å². The van der Waals surface area contributed by atoms with Crippen LogP contribution in [0.1, 0.15) is 28.8 Å². The van der Waals surface area contributed by atoms with Crippen molar-refractivity contribution in [2.24, 2.45) is 5.73 Å². The van der Waals surface area contributed by atoms with E-state index >= 15 is 0 Å². The fraction of sp³-hybridized carbons (Fsp3) is 0.381. The number of nitrogens with zero attached hydrogens (tertiary/aromatic N) is 3. The molecule has 0 spiro atoms. The van der Waals surface area contributed by atoms with Crippen LogP contribution >= 0.6 is 0 Å². The lowest BCUT2D eigenvalue weighted by atomic mass is 10.1. The van der Waals surface area contributed by atoms with Crippen LogP contribution in [-0.4, -0.2) is 48.5 Å². The number of nitro benzene ring substituents is 1. The Morgan fingerprint density at radius 1 is 1.11 bits per heavy atom. The van der Waals surface area contributed by atoms with Crippen LogP contribution in [0, 0.1) is 10.1 Å². The molecule has 0 saturated carbocycles. The van der Waals surface area contributed by atoms with Crippen LogP contribution in [-0.2, 0) is 6.42 Å². The van der Waals surface area contributed by atoms with Crippen LogP contribution < -0.4 is 10.6 Å². The summed E-state index contributed by atoms with van der Waals surface area (Å²) in [7, 11) is 0. The van der Waals surface area contributed by atoms with E-state index in [1.165, 1.54) is 6.07 Å². The zero-order chi connectivity index (χ0) is 19.9. The van der Waals surface area contributed by atoms with Crippen molar-refractivity contribution in [3.8, 4) is 0 Å². The van der Waals surface area contributed by atoms with E-state index in [2.05, 4.69) is 0 Å². The highest BCUT2D eigenvalue weighted by Gasteiger charge is 2.25. The summed E-state index contributed by atoms with van der Waals surface area (Å²) in [4.78, 5) is 27.9. The molecule has 3 rings (SSSR count). The van der Waals surface area contributed by atoms with E-state index in [0.29, 0.717) is 37.3 Å². The summed E-state index contributed by atoms with van der Waals surface area (Å²) in [6.07, 6.45) is 2.77. The van der Waals surface area contributed by atoms with E-state index in [1.807, 2.05) is 35.2 Å². The number of rotatable bonds is 8. The maximum atomic E-state index is 13.0. The highest BCUT2D eigenvalue weighted by Crippen LogP contribution is 2.32. The normalized spacial score (nSPS) is 13.5. The van der Waals surface area contributed by atoms with E-state index in [0.717, 1.165) is 31.5 Å². The lowest BCUT2D eigenvalue weighted by Crippen LogP contribution is -2.37. The summed E-state index contributed by atoms with van der Waals surface area (Å²) in [5.41, 5.74) is 7.73. The topological polar surface area (TPSA) is 92.7 Å². The molecule has 148 valence electrons. The molecule has 1 aliphatic heterocycles. The molecule has 0 unspecified atom stereocenters. The number of carbonyl (C=O) groups is 1. The number of hydrogen-bond acceptors (Lipinski definition) is 5. The van der Waals surface area contributed by atoms with Crippen LogP contribution in [0.5, 0.6) is 0 Å². The number of benzene rings is 2. The molecule has 2 aromatic rings. The molecule has 7 heteroatoms. The van der Waals surface area contributed by atoms with Crippen LogP contribution in [0.2, 0.25) is 0 Å². The van der Waals surface area contributed by atoms with Crippen LogP contribution in [0.25, 0.3) is 0 Å². The third-order valence-corrected chi connectivity index (χ3v) is 5.07. The average molecular weight is 382 g/mol. The fourth-order valence-electron chi connectivity index (χ4n) is 3.59. The molecule has 0 atom stereocenters. The molecule has 1 aliphatic rings. The fourth-order valence-corrected chi connectivity index (χ4v) is 3.59. The zero-order valence-corrected chi connectivity index (χ0v) is 15.9. The Labute approximate surface area is 164 Å². The standard InChI is InChI=1S/C21H26N4O3/c22-11-15-24(14-10-17-6-2-1-3-7-17)21(26)18-8-9-19(20(16-18)25(27)28)23-12-4-5-13-23/h1-3,6-9,16H,4-5,10-15,22H2. The average Bonchev–Trinajstić information content (AvgIpc) is 3.25. The van der Waals surface area contributed by atoms with Gasteiger partial charge < -0.3 is 15.5 Å². The highest BCUT2D eigenvalue weighted by molar-refractivity contribution is 5.95. The molecule has 1 fully saturated rings. The predicted molar refractivity (Wildman–Crippen MR) is 110 cm³/mol. The molecule has 28 heavy (non-hydrogen) atoms. The predicted octanol–water partition coefficient (Wildman–Crippen LogP) is 2.84. The summed E-state index contributed by atoms with van der Waals surface area (Å²) in [6.45, 7) is 2.89. The molecule has 2 aromatic carbocycles. The number of nitrogens with two attached hydrogens (primary N) is 1. The molecule has 1 saturated heterocycles. The van der Waals surface area contributed by atoms with E-state index in [1.54, 1.807) is 17.0 Å². The minimum Gasteiger partial charge on any atom is -0.366 e. The first kappa shape index (κ1) is 19.8. The Morgan fingerprint density at radius 3 is 2.46 bits per heavy atom. The quantitative estimate of drug-likeness (QED) is 0.560. The second-order valence-electron chi connectivity index (χ2n) is 6.97. The molecule has 1 heterocycles. The molecule has 1 amide bonds. The number of nitro groups is 1.